The van der Waals surface area contributed by atoms with Crippen LogP contribution in [0.5, 0.6) is 0 Å². The number of sulfonamides is 1. The summed E-state index contributed by atoms with van der Waals surface area (Å²) >= 11 is 0. The van der Waals surface area contributed by atoms with Crippen LogP contribution in [0.1, 0.15) is 42.6 Å². The van der Waals surface area contributed by atoms with Crippen molar-refractivity contribution in [1.29, 1.82) is 0 Å². The van der Waals surface area contributed by atoms with Crippen molar-refractivity contribution in [3.05, 3.63) is 89.7 Å². The normalized spacial score (nSPS) is 19.3. The zero-order valence-electron chi connectivity index (χ0n) is 20.3. The number of ether oxygens (including phenoxy) is 1. The van der Waals surface area contributed by atoms with Crippen LogP contribution in [0.15, 0.2) is 72.9 Å². The highest BCUT2D eigenvalue weighted by Crippen LogP contribution is 2.39. The fourth-order valence-corrected chi connectivity index (χ4v) is 5.06. The number of pyridine rings is 1. The van der Waals surface area contributed by atoms with Crippen LogP contribution in [-0.2, 0) is 20.4 Å². The first-order chi connectivity index (χ1) is 16.7. The van der Waals surface area contributed by atoms with Gasteiger partial charge in [0.2, 0.25) is 10.0 Å². The predicted octanol–water partition coefficient (Wildman–Crippen LogP) is 4.80. The molecule has 1 saturated heterocycles. The van der Waals surface area contributed by atoms with E-state index in [4.69, 9.17) is 4.74 Å². The smallest absolute Gasteiger partial charge is 0.411 e. The van der Waals surface area contributed by atoms with E-state index in [-0.39, 0.29) is 12.6 Å². The summed E-state index contributed by atoms with van der Waals surface area (Å²) in [5, 5.41) is 0. The van der Waals surface area contributed by atoms with Gasteiger partial charge in [0.05, 0.1) is 12.3 Å². The average molecular weight is 494 g/mol. The lowest BCUT2D eigenvalue weighted by Gasteiger charge is -2.43. The van der Waals surface area contributed by atoms with Crippen molar-refractivity contribution in [2.45, 2.75) is 38.3 Å². The Bertz CT molecular complexity index is 1280. The van der Waals surface area contributed by atoms with Gasteiger partial charge in [0.25, 0.3) is 0 Å². The van der Waals surface area contributed by atoms with Crippen LogP contribution >= 0.6 is 0 Å². The van der Waals surface area contributed by atoms with Gasteiger partial charge in [-0.3, -0.25) is 4.98 Å². The van der Waals surface area contributed by atoms with E-state index in [2.05, 4.69) is 21.8 Å². The molecular weight excluding hydrogens is 462 g/mol. The van der Waals surface area contributed by atoms with E-state index >= 15 is 0 Å². The number of hydrogen-bond acceptors (Lipinski definition) is 5. The third-order valence-corrected chi connectivity index (χ3v) is 7.29. The van der Waals surface area contributed by atoms with Gasteiger partial charge in [-0.1, -0.05) is 54.6 Å². The minimum atomic E-state index is -3.34. The topological polar surface area (TPSA) is 88.6 Å². The van der Waals surface area contributed by atoms with Crippen LogP contribution in [0.2, 0.25) is 0 Å². The number of hydrogen-bond donors (Lipinski definition) is 1. The second kappa shape index (κ2) is 10.2. The maximum absolute atomic E-state index is 13.2. The van der Waals surface area contributed by atoms with E-state index in [1.54, 1.807) is 11.1 Å². The maximum atomic E-state index is 13.2. The molecule has 2 aromatic carbocycles. The largest absolute Gasteiger partial charge is 0.438 e. The molecule has 0 spiro atoms. The molecule has 0 saturated carbocycles. The van der Waals surface area contributed by atoms with Gasteiger partial charge < -0.3 is 9.64 Å². The fourth-order valence-electron chi connectivity index (χ4n) is 4.58. The molecule has 3 aromatic rings. The molecule has 1 aliphatic rings. The van der Waals surface area contributed by atoms with Crippen molar-refractivity contribution in [3.63, 3.8) is 0 Å². The summed E-state index contributed by atoms with van der Waals surface area (Å²) in [7, 11) is -3.34. The first-order valence-corrected chi connectivity index (χ1v) is 13.6. The van der Waals surface area contributed by atoms with Crippen molar-refractivity contribution >= 4 is 16.1 Å². The Morgan fingerprint density at radius 3 is 2.43 bits per heavy atom. The molecule has 8 heteroatoms. The van der Waals surface area contributed by atoms with Crippen LogP contribution < -0.4 is 4.72 Å². The van der Waals surface area contributed by atoms with Gasteiger partial charge in [-0.25, -0.2) is 17.9 Å². The molecule has 1 aliphatic heterocycles. The summed E-state index contributed by atoms with van der Waals surface area (Å²) in [6, 6.07) is 21.6. The lowest BCUT2D eigenvalue weighted by atomic mass is 9.85. The number of aromatic nitrogens is 1. The van der Waals surface area contributed by atoms with Crippen molar-refractivity contribution in [1.82, 2.24) is 14.6 Å². The van der Waals surface area contributed by atoms with Crippen molar-refractivity contribution < 1.29 is 17.9 Å². The van der Waals surface area contributed by atoms with Crippen molar-refractivity contribution in [2.24, 2.45) is 0 Å². The molecule has 2 heterocycles. The minimum Gasteiger partial charge on any atom is -0.438 e. The summed E-state index contributed by atoms with van der Waals surface area (Å²) in [5.74, 6) is 0. The number of cyclic esters (lactones) is 1. The maximum Gasteiger partial charge on any atom is 0.411 e. The van der Waals surface area contributed by atoms with Gasteiger partial charge in [0, 0.05) is 37.8 Å². The molecule has 1 N–H and O–H groups in total. The van der Waals surface area contributed by atoms with E-state index in [1.165, 1.54) is 0 Å². The van der Waals surface area contributed by atoms with Crippen LogP contribution in [0.25, 0.3) is 11.1 Å². The standard InChI is InChI=1S/C27H31N3O4S/c1-20-19-24(13-16-28-20)23-11-9-22(10-12-23)21(2)30-18-15-27(34-26(30)31,14-17-29-35(3,32)33)25-7-5-4-6-8-25/h4-13,16,19,21,29H,14-15,17-18H2,1-3H3/t21-,27+/m0/s1. The van der Waals surface area contributed by atoms with Gasteiger partial charge in [-0.2, -0.15) is 0 Å². The first-order valence-electron chi connectivity index (χ1n) is 11.7. The Morgan fingerprint density at radius 1 is 1.09 bits per heavy atom. The molecule has 1 amide bonds. The second-order valence-corrected chi connectivity index (χ2v) is 10.9. The lowest BCUT2D eigenvalue weighted by Crippen LogP contribution is -2.49. The summed E-state index contributed by atoms with van der Waals surface area (Å²) in [4.78, 5) is 19.2. The Labute approximate surface area is 207 Å². The molecule has 0 bridgehead atoms. The summed E-state index contributed by atoms with van der Waals surface area (Å²) < 4.78 is 31.8. The third-order valence-electron chi connectivity index (χ3n) is 6.56. The lowest BCUT2D eigenvalue weighted by molar-refractivity contribution is -0.0644. The fraction of sp³-hybridized carbons (Fsp3) is 0.333. The molecule has 35 heavy (non-hydrogen) atoms. The highest BCUT2D eigenvalue weighted by Gasteiger charge is 2.43. The summed E-state index contributed by atoms with van der Waals surface area (Å²) in [6.07, 6.45) is 3.45. The number of amides is 1. The van der Waals surface area contributed by atoms with Crippen molar-refractivity contribution in [3.8, 4) is 11.1 Å². The van der Waals surface area contributed by atoms with Crippen molar-refractivity contribution in [2.75, 3.05) is 19.3 Å². The molecule has 0 radical (unpaired) electrons. The minimum absolute atomic E-state index is 0.168. The molecule has 184 valence electrons. The van der Waals surface area contributed by atoms with Gasteiger partial charge >= 0.3 is 6.09 Å². The zero-order valence-corrected chi connectivity index (χ0v) is 21.1. The first kappa shape index (κ1) is 24.9. The third kappa shape index (κ3) is 5.89. The number of benzene rings is 2. The highest BCUT2D eigenvalue weighted by molar-refractivity contribution is 7.88. The van der Waals surface area contributed by atoms with E-state index in [9.17, 15) is 13.2 Å². The Kier molecular flexibility index (Phi) is 7.23. The Balaban J connectivity index is 1.50. The second-order valence-electron chi connectivity index (χ2n) is 9.07. The average Bonchev–Trinajstić information content (AvgIpc) is 2.84. The van der Waals surface area contributed by atoms with Crippen LogP contribution in [0, 0.1) is 6.92 Å². The molecule has 1 fully saturated rings. The molecule has 7 nitrogen and oxygen atoms in total. The van der Waals surface area contributed by atoms with E-state index < -0.39 is 21.7 Å². The van der Waals surface area contributed by atoms with Crippen LogP contribution in [0.4, 0.5) is 4.79 Å². The Hall–Kier alpha value is -3.23. The Morgan fingerprint density at radius 2 is 1.80 bits per heavy atom. The number of nitrogens with one attached hydrogen (secondary N) is 1. The number of carbonyl (C=O) groups is 1. The van der Waals surface area contributed by atoms with E-state index in [0.29, 0.717) is 19.4 Å². The monoisotopic (exact) mass is 493 g/mol. The predicted molar refractivity (Wildman–Crippen MR) is 136 cm³/mol. The van der Waals surface area contributed by atoms with Gasteiger partial charge in [-0.05, 0) is 48.2 Å². The molecule has 1 aromatic heterocycles. The highest BCUT2D eigenvalue weighted by atomic mass is 32.2. The summed E-state index contributed by atoms with van der Waals surface area (Å²) in [6.45, 7) is 4.65. The molecular formula is C27H31N3O4S. The molecule has 0 unspecified atom stereocenters. The number of nitrogens with zero attached hydrogens (tertiary/aromatic N) is 2. The number of carbonyl (C=O) groups excluding carboxylic acids is 1. The quantitative estimate of drug-likeness (QED) is 0.487. The molecule has 2 atom stereocenters. The van der Waals surface area contributed by atoms with Gasteiger partial charge in [-0.15, -0.1) is 0 Å². The van der Waals surface area contributed by atoms with Crippen LogP contribution in [-0.4, -0.2) is 43.7 Å². The van der Waals surface area contributed by atoms with Gasteiger partial charge in [0.1, 0.15) is 5.60 Å². The van der Waals surface area contributed by atoms with Crippen LogP contribution in [0.3, 0.4) is 0 Å². The van der Waals surface area contributed by atoms with E-state index in [0.717, 1.165) is 34.2 Å². The summed E-state index contributed by atoms with van der Waals surface area (Å²) in [5.41, 5.74) is 4.16. The van der Waals surface area contributed by atoms with E-state index in [1.807, 2.05) is 68.4 Å². The number of rotatable bonds is 8. The molecule has 0 aliphatic carbocycles. The zero-order chi connectivity index (χ0) is 25.1. The van der Waals surface area contributed by atoms with Gasteiger partial charge in [0.15, 0.2) is 0 Å². The molecule has 4 rings (SSSR count). The number of aryl methyl sites for hydroxylation is 1. The SMILES string of the molecule is Cc1cc(-c2ccc([C@H](C)N3CC[C@](CCNS(C)(=O)=O)(c4ccccc4)OC3=O)cc2)ccn1.